The Hall–Kier alpha value is -2.06. The summed E-state index contributed by atoms with van der Waals surface area (Å²) in [5.41, 5.74) is 0.920. The highest BCUT2D eigenvalue weighted by atomic mass is 79.9. The molecular weight excluding hydrogens is 420 g/mol. The van der Waals surface area contributed by atoms with Gasteiger partial charge in [-0.2, -0.15) is 0 Å². The quantitative estimate of drug-likeness (QED) is 0.500. The van der Waals surface area contributed by atoms with Gasteiger partial charge in [-0.25, -0.2) is 0 Å². The van der Waals surface area contributed by atoms with E-state index < -0.39 is 0 Å². The largest absolute Gasteiger partial charge is 0.494 e. The number of nitrogens with zero attached hydrogens (tertiary/aromatic N) is 2. The van der Waals surface area contributed by atoms with E-state index in [1.54, 1.807) is 24.3 Å². The first kappa shape index (κ1) is 14.9. The Kier molecular flexibility index (Phi) is 3.57. The first-order chi connectivity index (χ1) is 10.4. The molecule has 2 heterocycles. The minimum Gasteiger partial charge on any atom is -0.494 e. The molecule has 0 fully saturated rings. The Morgan fingerprint density at radius 1 is 0.682 bits per heavy atom. The van der Waals surface area contributed by atoms with E-state index in [1.165, 1.54) is 21.3 Å². The molecule has 1 aromatic carbocycles. The summed E-state index contributed by atoms with van der Waals surface area (Å²) in [5.74, 6) is -0.610. The van der Waals surface area contributed by atoms with Crippen molar-refractivity contribution in [2.75, 3.05) is 0 Å². The van der Waals surface area contributed by atoms with Gasteiger partial charge in [0.25, 0.3) is 0 Å². The van der Waals surface area contributed by atoms with Gasteiger partial charge in [0.05, 0.1) is 20.3 Å². The first-order valence-electron chi connectivity index (χ1n) is 6.09. The third-order valence-corrected chi connectivity index (χ3v) is 4.33. The van der Waals surface area contributed by atoms with Crippen LogP contribution in [0.25, 0.3) is 11.4 Å². The second kappa shape index (κ2) is 5.29. The van der Waals surface area contributed by atoms with Crippen molar-refractivity contribution < 1.29 is 20.4 Å². The van der Waals surface area contributed by atoms with E-state index in [1.807, 2.05) is 0 Å². The average Bonchev–Trinajstić information content (AvgIpc) is 2.86. The Bertz CT molecular complexity index is 803. The third kappa shape index (κ3) is 2.24. The molecule has 0 saturated carbocycles. The molecule has 8 heteroatoms. The normalized spacial score (nSPS) is 11.0. The molecule has 6 nitrogen and oxygen atoms in total. The predicted octanol–water partition coefficient (Wildman–Crippen LogP) is 3.62. The monoisotopic (exact) mass is 428 g/mol. The van der Waals surface area contributed by atoms with Crippen LogP contribution in [0, 0.1) is 0 Å². The van der Waals surface area contributed by atoms with Gasteiger partial charge in [0.15, 0.2) is 11.8 Å². The van der Waals surface area contributed by atoms with Crippen molar-refractivity contribution in [3.05, 3.63) is 45.3 Å². The molecule has 0 unspecified atom stereocenters. The molecule has 4 N–H and O–H groups in total. The van der Waals surface area contributed by atoms with Crippen LogP contribution in [-0.4, -0.2) is 29.6 Å². The molecule has 0 spiro atoms. The van der Waals surface area contributed by atoms with Gasteiger partial charge < -0.3 is 20.4 Å². The van der Waals surface area contributed by atoms with E-state index in [4.69, 9.17) is 0 Å². The van der Waals surface area contributed by atoms with Crippen LogP contribution < -0.4 is 0 Å². The van der Waals surface area contributed by atoms with Crippen molar-refractivity contribution in [2.24, 2.45) is 0 Å². The second-order valence-electron chi connectivity index (χ2n) is 4.54. The summed E-state index contributed by atoms with van der Waals surface area (Å²) in [6.45, 7) is 0. The van der Waals surface area contributed by atoms with Crippen LogP contribution in [0.5, 0.6) is 23.5 Å². The van der Waals surface area contributed by atoms with Crippen molar-refractivity contribution in [1.82, 2.24) is 9.13 Å². The zero-order valence-corrected chi connectivity index (χ0v) is 14.1. The van der Waals surface area contributed by atoms with Crippen LogP contribution in [0.4, 0.5) is 0 Å². The summed E-state index contributed by atoms with van der Waals surface area (Å²) in [5, 5.41) is 39.8. The molecule has 3 rings (SSSR count). The van der Waals surface area contributed by atoms with E-state index >= 15 is 0 Å². The van der Waals surface area contributed by atoms with Crippen molar-refractivity contribution in [3.8, 4) is 34.9 Å². The number of benzene rings is 1. The molecule has 0 atom stereocenters. The number of halogens is 2. The number of hydrogen-bond acceptors (Lipinski definition) is 4. The highest BCUT2D eigenvalue weighted by molar-refractivity contribution is 9.10. The lowest BCUT2D eigenvalue weighted by Crippen LogP contribution is -1.97. The zero-order chi connectivity index (χ0) is 16.0. The molecule has 2 aromatic heterocycles. The van der Waals surface area contributed by atoms with Gasteiger partial charge in [0.2, 0.25) is 11.8 Å². The van der Waals surface area contributed by atoms with Crippen molar-refractivity contribution in [3.63, 3.8) is 0 Å². The molecule has 3 aromatic rings. The summed E-state index contributed by atoms with van der Waals surface area (Å²) in [6, 6.07) is 9.33. The van der Waals surface area contributed by atoms with Gasteiger partial charge in [-0.1, -0.05) is 6.07 Å². The lowest BCUT2D eigenvalue weighted by molar-refractivity contribution is 0.400. The van der Waals surface area contributed by atoms with E-state index in [0.29, 0.717) is 20.3 Å². The summed E-state index contributed by atoms with van der Waals surface area (Å²) in [7, 11) is 0. The topological polar surface area (TPSA) is 90.8 Å². The SMILES string of the molecule is Oc1cc(Br)c(O)n1-c1cccc(-n2c(O)cc(Br)c2O)c1. The van der Waals surface area contributed by atoms with Crippen molar-refractivity contribution in [1.29, 1.82) is 0 Å². The molecule has 0 saturated heterocycles. The second-order valence-corrected chi connectivity index (χ2v) is 6.25. The Labute approximate surface area is 141 Å². The summed E-state index contributed by atoms with van der Waals surface area (Å²) >= 11 is 6.26. The zero-order valence-electron chi connectivity index (χ0n) is 10.9. The van der Waals surface area contributed by atoms with Crippen LogP contribution in [-0.2, 0) is 0 Å². The lowest BCUT2D eigenvalue weighted by atomic mass is 10.2. The summed E-state index contributed by atoms with van der Waals surface area (Å²) in [4.78, 5) is 0. The molecule has 0 bridgehead atoms. The minimum absolute atomic E-state index is 0.149. The molecule has 0 aliphatic rings. The van der Waals surface area contributed by atoms with Gasteiger partial charge in [-0.3, -0.25) is 9.13 Å². The maximum Gasteiger partial charge on any atom is 0.213 e. The molecule has 22 heavy (non-hydrogen) atoms. The molecule has 0 radical (unpaired) electrons. The molecule has 0 amide bonds. The number of rotatable bonds is 2. The minimum atomic E-state index is -0.156. The molecule has 0 aliphatic heterocycles. The standard InChI is InChI=1S/C14H10Br2N2O4/c15-9-5-11(19)17(13(9)21)7-2-1-3-8(4-7)18-12(20)6-10(16)14(18)22/h1-6,19-22H. The van der Waals surface area contributed by atoms with Crippen LogP contribution in [0.2, 0.25) is 0 Å². The number of hydrogen-bond donors (Lipinski definition) is 4. The Morgan fingerprint density at radius 2 is 1.09 bits per heavy atom. The lowest BCUT2D eigenvalue weighted by Gasteiger charge is -2.11. The fourth-order valence-electron chi connectivity index (χ4n) is 2.20. The highest BCUT2D eigenvalue weighted by Crippen LogP contribution is 2.38. The highest BCUT2D eigenvalue weighted by Gasteiger charge is 2.17. The van der Waals surface area contributed by atoms with E-state index in [9.17, 15) is 20.4 Å². The van der Waals surface area contributed by atoms with Gasteiger partial charge in [0, 0.05) is 12.1 Å². The van der Waals surface area contributed by atoms with E-state index in [2.05, 4.69) is 31.9 Å². The van der Waals surface area contributed by atoms with Crippen LogP contribution in [0.3, 0.4) is 0 Å². The molecular formula is C14H10Br2N2O4. The average molecular weight is 430 g/mol. The fraction of sp³-hybridized carbons (Fsp3) is 0. The van der Waals surface area contributed by atoms with Gasteiger partial charge in [-0.15, -0.1) is 0 Å². The van der Waals surface area contributed by atoms with Gasteiger partial charge in [0.1, 0.15) is 0 Å². The third-order valence-electron chi connectivity index (χ3n) is 3.17. The van der Waals surface area contributed by atoms with Gasteiger partial charge in [-0.05, 0) is 50.1 Å². The van der Waals surface area contributed by atoms with Crippen LogP contribution in [0.15, 0.2) is 45.3 Å². The smallest absolute Gasteiger partial charge is 0.213 e. The number of aromatic hydroxyl groups is 4. The Morgan fingerprint density at radius 3 is 1.41 bits per heavy atom. The fourth-order valence-corrected chi connectivity index (χ4v) is 2.96. The maximum atomic E-state index is 9.99. The van der Waals surface area contributed by atoms with Crippen molar-refractivity contribution >= 4 is 31.9 Å². The molecule has 114 valence electrons. The van der Waals surface area contributed by atoms with Crippen LogP contribution in [0.1, 0.15) is 0 Å². The summed E-state index contributed by atoms with van der Waals surface area (Å²) < 4.78 is 3.15. The molecule has 0 aliphatic carbocycles. The van der Waals surface area contributed by atoms with E-state index in [0.717, 1.165) is 0 Å². The first-order valence-corrected chi connectivity index (χ1v) is 7.68. The Balaban J connectivity index is 2.18. The van der Waals surface area contributed by atoms with E-state index in [-0.39, 0.29) is 23.5 Å². The van der Waals surface area contributed by atoms with Crippen molar-refractivity contribution in [2.45, 2.75) is 0 Å². The number of aromatic nitrogens is 2. The van der Waals surface area contributed by atoms with Gasteiger partial charge >= 0.3 is 0 Å². The van der Waals surface area contributed by atoms with Crippen LogP contribution >= 0.6 is 31.9 Å². The maximum absolute atomic E-state index is 9.99. The predicted molar refractivity (Wildman–Crippen MR) is 87.2 cm³/mol. The summed E-state index contributed by atoms with van der Waals surface area (Å²) in [6.07, 6.45) is 0.